The highest BCUT2D eigenvalue weighted by Gasteiger charge is 2.37. The van der Waals surface area contributed by atoms with Crippen molar-refractivity contribution in [2.45, 2.75) is 52.0 Å². The Hall–Kier alpha value is -0.610. The van der Waals surface area contributed by atoms with Gasteiger partial charge in [0.2, 0.25) is 5.91 Å². The van der Waals surface area contributed by atoms with Crippen LogP contribution in [0.15, 0.2) is 0 Å². The molecule has 20 heavy (non-hydrogen) atoms. The molecule has 1 saturated carbocycles. The van der Waals surface area contributed by atoms with Crippen LogP contribution in [0, 0.1) is 17.3 Å². The summed E-state index contributed by atoms with van der Waals surface area (Å²) in [7, 11) is 1.90. The van der Waals surface area contributed by atoms with E-state index in [4.69, 9.17) is 4.74 Å². The monoisotopic (exact) mass is 282 g/mol. The molecule has 0 bridgehead atoms. The van der Waals surface area contributed by atoms with Gasteiger partial charge < -0.3 is 15.4 Å². The summed E-state index contributed by atoms with van der Waals surface area (Å²) in [5.41, 5.74) is 0.346. The Labute approximate surface area is 123 Å². The second-order valence-electron chi connectivity index (χ2n) is 7.06. The Kier molecular flexibility index (Phi) is 5.44. The van der Waals surface area contributed by atoms with Gasteiger partial charge in [0.1, 0.15) is 0 Å². The van der Waals surface area contributed by atoms with Gasteiger partial charge in [-0.3, -0.25) is 4.79 Å². The van der Waals surface area contributed by atoms with Gasteiger partial charge in [-0.15, -0.1) is 0 Å². The van der Waals surface area contributed by atoms with Crippen molar-refractivity contribution >= 4 is 5.91 Å². The second-order valence-corrected chi connectivity index (χ2v) is 7.06. The minimum absolute atomic E-state index is 0.0301. The molecule has 0 aromatic carbocycles. The predicted molar refractivity (Wildman–Crippen MR) is 80.5 cm³/mol. The molecule has 116 valence electrons. The van der Waals surface area contributed by atoms with Crippen molar-refractivity contribution in [2.24, 2.45) is 17.3 Å². The zero-order chi connectivity index (χ0) is 14.6. The third kappa shape index (κ3) is 3.73. The zero-order valence-electron chi connectivity index (χ0n) is 13.2. The summed E-state index contributed by atoms with van der Waals surface area (Å²) in [6, 6.07) is 0.166. The van der Waals surface area contributed by atoms with Gasteiger partial charge in [0.05, 0.1) is 19.1 Å². The molecule has 2 N–H and O–H groups in total. The highest BCUT2D eigenvalue weighted by atomic mass is 16.5. The summed E-state index contributed by atoms with van der Waals surface area (Å²) in [4.78, 5) is 12.4. The van der Waals surface area contributed by atoms with Gasteiger partial charge in [0.25, 0.3) is 0 Å². The van der Waals surface area contributed by atoms with E-state index in [-0.39, 0.29) is 17.9 Å². The van der Waals surface area contributed by atoms with E-state index in [0.29, 0.717) is 24.5 Å². The molecule has 2 rings (SSSR count). The van der Waals surface area contributed by atoms with Gasteiger partial charge in [-0.1, -0.05) is 26.7 Å². The van der Waals surface area contributed by atoms with Crippen LogP contribution in [-0.2, 0) is 9.53 Å². The van der Waals surface area contributed by atoms with Crippen LogP contribution in [0.2, 0.25) is 0 Å². The van der Waals surface area contributed by atoms with Crippen molar-refractivity contribution in [3.05, 3.63) is 0 Å². The van der Waals surface area contributed by atoms with Gasteiger partial charge >= 0.3 is 0 Å². The van der Waals surface area contributed by atoms with Gasteiger partial charge in [-0.2, -0.15) is 0 Å². The smallest absolute Gasteiger partial charge is 0.227 e. The normalized spacial score (nSPS) is 29.0. The summed E-state index contributed by atoms with van der Waals surface area (Å²) >= 11 is 0. The molecule has 2 atom stereocenters. The van der Waals surface area contributed by atoms with Crippen LogP contribution < -0.4 is 10.6 Å². The van der Waals surface area contributed by atoms with E-state index >= 15 is 0 Å². The molecule has 0 radical (unpaired) electrons. The van der Waals surface area contributed by atoms with Crippen LogP contribution >= 0.6 is 0 Å². The van der Waals surface area contributed by atoms with Crippen LogP contribution in [0.5, 0.6) is 0 Å². The maximum absolute atomic E-state index is 12.4. The molecule has 1 saturated heterocycles. The fraction of sp³-hybridized carbons (Fsp3) is 0.938. The zero-order valence-corrected chi connectivity index (χ0v) is 13.2. The molecule has 2 aliphatic rings. The molecule has 4 heteroatoms. The fourth-order valence-electron chi connectivity index (χ4n) is 3.95. The number of amides is 1. The number of carbonyl (C=O) groups is 1. The topological polar surface area (TPSA) is 50.4 Å². The lowest BCUT2D eigenvalue weighted by Crippen LogP contribution is -2.45. The van der Waals surface area contributed by atoms with Crippen LogP contribution in [0.25, 0.3) is 0 Å². The van der Waals surface area contributed by atoms with Gasteiger partial charge in [-0.25, -0.2) is 0 Å². The fourth-order valence-corrected chi connectivity index (χ4v) is 3.95. The molecule has 2 unspecified atom stereocenters. The van der Waals surface area contributed by atoms with E-state index in [9.17, 15) is 4.79 Å². The van der Waals surface area contributed by atoms with Crippen LogP contribution in [0.4, 0.5) is 0 Å². The van der Waals surface area contributed by atoms with Crippen LogP contribution in [0.1, 0.15) is 46.0 Å². The second kappa shape index (κ2) is 6.90. The summed E-state index contributed by atoms with van der Waals surface area (Å²) in [6.07, 6.45) is 6.39. The van der Waals surface area contributed by atoms with Gasteiger partial charge in [0, 0.05) is 12.6 Å². The summed E-state index contributed by atoms with van der Waals surface area (Å²) in [5.74, 6) is 0.833. The summed E-state index contributed by atoms with van der Waals surface area (Å²) in [6.45, 7) is 6.60. The first-order chi connectivity index (χ1) is 9.56. The molecule has 4 nitrogen and oxygen atoms in total. The lowest BCUT2D eigenvalue weighted by atomic mass is 9.78. The molecular weight excluding hydrogens is 252 g/mol. The molecule has 0 spiro atoms. The van der Waals surface area contributed by atoms with E-state index in [1.807, 2.05) is 7.05 Å². The van der Waals surface area contributed by atoms with E-state index in [1.54, 1.807) is 0 Å². The maximum Gasteiger partial charge on any atom is 0.227 e. The number of rotatable bonds is 6. The first-order valence-corrected chi connectivity index (χ1v) is 8.09. The lowest BCUT2D eigenvalue weighted by molar-refractivity contribution is -0.126. The summed E-state index contributed by atoms with van der Waals surface area (Å²) in [5, 5.41) is 6.40. The molecular formula is C16H30N2O2. The highest BCUT2D eigenvalue weighted by Crippen LogP contribution is 2.42. The number of hydrogen-bond donors (Lipinski definition) is 2. The maximum atomic E-state index is 12.4. The van der Waals surface area contributed by atoms with Crippen molar-refractivity contribution in [3.8, 4) is 0 Å². The number of carbonyl (C=O) groups excluding carboxylic acids is 1. The molecule has 1 aliphatic carbocycles. The molecule has 1 aliphatic heterocycles. The van der Waals surface area contributed by atoms with Crippen molar-refractivity contribution in [3.63, 3.8) is 0 Å². The molecule has 0 aromatic rings. The van der Waals surface area contributed by atoms with Crippen molar-refractivity contribution in [1.29, 1.82) is 0 Å². The number of nitrogens with one attached hydrogen (secondary N) is 2. The van der Waals surface area contributed by atoms with Crippen LogP contribution in [-0.4, -0.2) is 38.8 Å². The Morgan fingerprint density at radius 1 is 1.30 bits per heavy atom. The standard InChI is InChI=1S/C16H30N2O2/c1-12(2)8-16(6-4-5-7-16)11-18-15(19)13-9-20-10-14(13)17-3/h12-14,17H,4-11H2,1-3H3,(H,18,19). The van der Waals surface area contributed by atoms with E-state index in [1.165, 1.54) is 32.1 Å². The van der Waals surface area contributed by atoms with Crippen molar-refractivity contribution in [1.82, 2.24) is 10.6 Å². The third-order valence-corrected chi connectivity index (χ3v) is 4.93. The Morgan fingerprint density at radius 3 is 2.60 bits per heavy atom. The van der Waals surface area contributed by atoms with Crippen molar-refractivity contribution in [2.75, 3.05) is 26.8 Å². The minimum Gasteiger partial charge on any atom is -0.379 e. The predicted octanol–water partition coefficient (Wildman–Crippen LogP) is 1.94. The lowest BCUT2D eigenvalue weighted by Gasteiger charge is -2.32. The van der Waals surface area contributed by atoms with Crippen molar-refractivity contribution < 1.29 is 9.53 Å². The van der Waals surface area contributed by atoms with Gasteiger partial charge in [-0.05, 0) is 37.6 Å². The van der Waals surface area contributed by atoms with E-state index < -0.39 is 0 Å². The highest BCUT2D eigenvalue weighted by molar-refractivity contribution is 5.79. The Morgan fingerprint density at radius 2 is 2.00 bits per heavy atom. The molecule has 1 amide bonds. The van der Waals surface area contributed by atoms with E-state index in [0.717, 1.165) is 6.54 Å². The van der Waals surface area contributed by atoms with Crippen LogP contribution in [0.3, 0.4) is 0 Å². The summed E-state index contributed by atoms with van der Waals surface area (Å²) < 4.78 is 5.42. The number of ether oxygens (including phenoxy) is 1. The number of likely N-dealkylation sites (N-methyl/N-ethyl adjacent to an activating group) is 1. The molecule has 1 heterocycles. The largest absolute Gasteiger partial charge is 0.379 e. The first-order valence-electron chi connectivity index (χ1n) is 8.09. The quantitative estimate of drug-likeness (QED) is 0.783. The molecule has 2 fully saturated rings. The van der Waals surface area contributed by atoms with Gasteiger partial charge in [0.15, 0.2) is 0 Å². The van der Waals surface area contributed by atoms with E-state index in [2.05, 4.69) is 24.5 Å². The average Bonchev–Trinajstić information content (AvgIpc) is 3.04. The minimum atomic E-state index is -0.0301. The third-order valence-electron chi connectivity index (χ3n) is 4.93. The SMILES string of the molecule is CNC1COCC1C(=O)NCC1(CC(C)C)CCCC1. The Balaban J connectivity index is 1.87. The average molecular weight is 282 g/mol. The first kappa shape index (κ1) is 15.8. The number of hydrogen-bond acceptors (Lipinski definition) is 3. The Bertz CT molecular complexity index is 324. The molecule has 0 aromatic heterocycles.